The SMILES string of the molecule is CNc1cccc(C2(c3cccnc3)COC2)c1. The molecular weight excluding hydrogens is 224 g/mol. The van der Waals surface area contributed by atoms with Crippen molar-refractivity contribution in [1.82, 2.24) is 4.98 Å². The Kier molecular flexibility index (Phi) is 2.76. The van der Waals surface area contributed by atoms with Gasteiger partial charge in [0.2, 0.25) is 0 Å². The summed E-state index contributed by atoms with van der Waals surface area (Å²) in [5.41, 5.74) is 3.61. The van der Waals surface area contributed by atoms with Gasteiger partial charge in [-0.25, -0.2) is 0 Å². The number of rotatable bonds is 3. The van der Waals surface area contributed by atoms with Crippen molar-refractivity contribution < 1.29 is 4.74 Å². The largest absolute Gasteiger partial charge is 0.388 e. The summed E-state index contributed by atoms with van der Waals surface area (Å²) in [4.78, 5) is 4.23. The van der Waals surface area contributed by atoms with Crippen molar-refractivity contribution in [3.63, 3.8) is 0 Å². The van der Waals surface area contributed by atoms with Crippen molar-refractivity contribution in [3.8, 4) is 0 Å². The summed E-state index contributed by atoms with van der Waals surface area (Å²) in [5, 5.41) is 3.18. The summed E-state index contributed by atoms with van der Waals surface area (Å²) in [6, 6.07) is 12.6. The number of aromatic nitrogens is 1. The average molecular weight is 240 g/mol. The lowest BCUT2D eigenvalue weighted by atomic mass is 9.73. The fourth-order valence-electron chi connectivity index (χ4n) is 2.42. The fourth-order valence-corrected chi connectivity index (χ4v) is 2.42. The topological polar surface area (TPSA) is 34.2 Å². The summed E-state index contributed by atoms with van der Waals surface area (Å²) in [6.45, 7) is 1.46. The number of hydrogen-bond acceptors (Lipinski definition) is 3. The molecule has 0 radical (unpaired) electrons. The van der Waals surface area contributed by atoms with Crippen LogP contribution in [-0.2, 0) is 10.2 Å². The zero-order valence-corrected chi connectivity index (χ0v) is 10.4. The molecule has 92 valence electrons. The highest BCUT2D eigenvalue weighted by Crippen LogP contribution is 2.39. The normalized spacial score (nSPS) is 16.9. The van der Waals surface area contributed by atoms with Crippen LogP contribution in [0.4, 0.5) is 5.69 Å². The van der Waals surface area contributed by atoms with Crippen LogP contribution in [0.2, 0.25) is 0 Å². The Morgan fingerprint density at radius 2 is 2.00 bits per heavy atom. The molecule has 3 rings (SSSR count). The predicted octanol–water partition coefficient (Wildman–Crippen LogP) is 2.44. The van der Waals surface area contributed by atoms with Crippen LogP contribution in [0.15, 0.2) is 48.8 Å². The van der Waals surface area contributed by atoms with Gasteiger partial charge in [-0.15, -0.1) is 0 Å². The lowest BCUT2D eigenvalue weighted by molar-refractivity contribution is -0.0381. The first-order valence-electron chi connectivity index (χ1n) is 6.12. The van der Waals surface area contributed by atoms with Crippen molar-refractivity contribution in [2.75, 3.05) is 25.6 Å². The molecule has 1 aromatic heterocycles. The number of pyridine rings is 1. The molecular formula is C15H16N2O. The van der Waals surface area contributed by atoms with Gasteiger partial charge < -0.3 is 10.1 Å². The minimum Gasteiger partial charge on any atom is -0.388 e. The molecule has 2 aromatic rings. The molecule has 1 aliphatic heterocycles. The second-order valence-corrected chi connectivity index (χ2v) is 4.65. The number of anilines is 1. The second-order valence-electron chi connectivity index (χ2n) is 4.65. The molecule has 0 saturated carbocycles. The van der Waals surface area contributed by atoms with E-state index < -0.39 is 0 Å². The first-order valence-corrected chi connectivity index (χ1v) is 6.12. The third kappa shape index (κ3) is 1.68. The Balaban J connectivity index is 2.06. The molecule has 1 fully saturated rings. The van der Waals surface area contributed by atoms with Gasteiger partial charge in [0.05, 0.1) is 18.6 Å². The van der Waals surface area contributed by atoms with E-state index in [1.807, 2.05) is 19.3 Å². The molecule has 1 aromatic carbocycles. The molecule has 0 amide bonds. The van der Waals surface area contributed by atoms with Gasteiger partial charge in [-0.3, -0.25) is 4.98 Å². The Morgan fingerprint density at radius 1 is 1.17 bits per heavy atom. The molecule has 3 nitrogen and oxygen atoms in total. The van der Waals surface area contributed by atoms with E-state index in [2.05, 4.69) is 40.6 Å². The molecule has 0 unspecified atom stereocenters. The molecule has 1 aliphatic rings. The van der Waals surface area contributed by atoms with E-state index in [4.69, 9.17) is 4.74 Å². The quantitative estimate of drug-likeness (QED) is 0.894. The Morgan fingerprint density at radius 3 is 2.61 bits per heavy atom. The monoisotopic (exact) mass is 240 g/mol. The number of hydrogen-bond donors (Lipinski definition) is 1. The van der Waals surface area contributed by atoms with Crippen LogP contribution in [0.5, 0.6) is 0 Å². The maximum absolute atomic E-state index is 5.47. The number of nitrogens with zero attached hydrogens (tertiary/aromatic N) is 1. The van der Waals surface area contributed by atoms with Gasteiger partial charge in [0, 0.05) is 25.1 Å². The van der Waals surface area contributed by atoms with E-state index in [9.17, 15) is 0 Å². The fraction of sp³-hybridized carbons (Fsp3) is 0.267. The maximum atomic E-state index is 5.47. The summed E-state index contributed by atoms with van der Waals surface area (Å²) in [5.74, 6) is 0. The minimum absolute atomic E-state index is 0.0267. The summed E-state index contributed by atoms with van der Waals surface area (Å²) in [6.07, 6.45) is 3.75. The third-order valence-corrected chi connectivity index (χ3v) is 3.61. The van der Waals surface area contributed by atoms with Gasteiger partial charge in [0.1, 0.15) is 0 Å². The highest BCUT2D eigenvalue weighted by Gasteiger charge is 2.42. The Labute approximate surface area is 107 Å². The number of nitrogens with one attached hydrogen (secondary N) is 1. The van der Waals surface area contributed by atoms with Gasteiger partial charge >= 0.3 is 0 Å². The molecule has 2 heterocycles. The lowest BCUT2D eigenvalue weighted by Gasteiger charge is -2.42. The summed E-state index contributed by atoms with van der Waals surface area (Å²) in [7, 11) is 1.94. The van der Waals surface area contributed by atoms with Crippen molar-refractivity contribution in [1.29, 1.82) is 0 Å². The Bertz CT molecular complexity index is 535. The zero-order valence-electron chi connectivity index (χ0n) is 10.4. The van der Waals surface area contributed by atoms with Gasteiger partial charge in [0.15, 0.2) is 0 Å². The highest BCUT2D eigenvalue weighted by molar-refractivity contribution is 5.51. The van der Waals surface area contributed by atoms with Gasteiger partial charge in [-0.1, -0.05) is 18.2 Å². The van der Waals surface area contributed by atoms with Crippen LogP contribution in [0.3, 0.4) is 0 Å². The van der Waals surface area contributed by atoms with E-state index in [1.54, 1.807) is 6.20 Å². The zero-order chi connectivity index (χ0) is 12.4. The highest BCUT2D eigenvalue weighted by atomic mass is 16.5. The summed E-state index contributed by atoms with van der Waals surface area (Å²) < 4.78 is 5.47. The van der Waals surface area contributed by atoms with Crippen LogP contribution in [0, 0.1) is 0 Å². The predicted molar refractivity (Wildman–Crippen MR) is 71.8 cm³/mol. The standard InChI is InChI=1S/C15H16N2O/c1-16-14-6-2-4-12(8-14)15(10-18-11-15)13-5-3-7-17-9-13/h2-9,16H,10-11H2,1H3. The van der Waals surface area contributed by atoms with Gasteiger partial charge in [0.25, 0.3) is 0 Å². The molecule has 1 saturated heterocycles. The molecule has 0 atom stereocenters. The molecule has 0 aliphatic carbocycles. The number of benzene rings is 1. The maximum Gasteiger partial charge on any atom is 0.0685 e. The first kappa shape index (κ1) is 11.2. The average Bonchev–Trinajstić information content (AvgIpc) is 2.39. The summed E-state index contributed by atoms with van der Waals surface area (Å²) >= 11 is 0. The Hall–Kier alpha value is -1.87. The van der Waals surface area contributed by atoms with Crippen LogP contribution in [0.25, 0.3) is 0 Å². The lowest BCUT2D eigenvalue weighted by Crippen LogP contribution is -2.47. The smallest absolute Gasteiger partial charge is 0.0685 e. The van der Waals surface area contributed by atoms with Crippen LogP contribution < -0.4 is 5.32 Å². The van der Waals surface area contributed by atoms with E-state index in [1.165, 1.54) is 11.1 Å². The van der Waals surface area contributed by atoms with E-state index >= 15 is 0 Å². The van der Waals surface area contributed by atoms with Crippen molar-refractivity contribution in [2.45, 2.75) is 5.41 Å². The van der Waals surface area contributed by atoms with Crippen molar-refractivity contribution in [3.05, 3.63) is 59.9 Å². The molecule has 3 heteroatoms. The molecule has 0 bridgehead atoms. The van der Waals surface area contributed by atoms with Gasteiger partial charge in [-0.2, -0.15) is 0 Å². The van der Waals surface area contributed by atoms with Crippen LogP contribution in [-0.4, -0.2) is 25.2 Å². The molecule has 1 N–H and O–H groups in total. The van der Waals surface area contributed by atoms with Gasteiger partial charge in [-0.05, 0) is 29.3 Å². The van der Waals surface area contributed by atoms with Crippen LogP contribution in [0.1, 0.15) is 11.1 Å². The third-order valence-electron chi connectivity index (χ3n) is 3.61. The van der Waals surface area contributed by atoms with Crippen molar-refractivity contribution in [2.24, 2.45) is 0 Å². The van der Waals surface area contributed by atoms with Crippen molar-refractivity contribution >= 4 is 5.69 Å². The number of ether oxygens (including phenoxy) is 1. The second kappa shape index (κ2) is 4.42. The van der Waals surface area contributed by atoms with Crippen LogP contribution >= 0.6 is 0 Å². The van der Waals surface area contributed by atoms with E-state index in [0.717, 1.165) is 18.9 Å². The van der Waals surface area contributed by atoms with E-state index in [0.29, 0.717) is 0 Å². The molecule has 18 heavy (non-hydrogen) atoms. The molecule has 0 spiro atoms. The first-order chi connectivity index (χ1) is 8.85. The minimum atomic E-state index is -0.0267. The van der Waals surface area contributed by atoms with E-state index in [-0.39, 0.29) is 5.41 Å².